The van der Waals surface area contributed by atoms with Crippen LogP contribution in [0.4, 0.5) is 10.1 Å². The molecule has 0 spiro atoms. The molecule has 0 amide bonds. The molecule has 12 heavy (non-hydrogen) atoms. The van der Waals surface area contributed by atoms with E-state index in [2.05, 4.69) is 11.6 Å². The highest BCUT2D eigenvalue weighted by Gasteiger charge is 2.08. The highest BCUT2D eigenvalue weighted by molar-refractivity contribution is 5.39. The van der Waals surface area contributed by atoms with Crippen LogP contribution in [-0.2, 0) is 0 Å². The molecule has 0 aromatic carbocycles. The largest absolute Gasteiger partial charge is 0.397 e. The number of rotatable bonds is 2. The molecule has 0 aliphatic rings. The molecule has 1 atom stereocenters. The van der Waals surface area contributed by atoms with E-state index in [0.29, 0.717) is 5.69 Å². The van der Waals surface area contributed by atoms with Gasteiger partial charge >= 0.3 is 0 Å². The van der Waals surface area contributed by atoms with Crippen molar-refractivity contribution in [3.8, 4) is 0 Å². The number of anilines is 1. The Labute approximate surface area is 70.9 Å². The lowest BCUT2D eigenvalue weighted by Gasteiger charge is -2.07. The Morgan fingerprint density at radius 1 is 1.67 bits per heavy atom. The molecule has 2 nitrogen and oxygen atoms in total. The lowest BCUT2D eigenvalue weighted by Crippen LogP contribution is -1.96. The Kier molecular flexibility index (Phi) is 2.43. The fourth-order valence-corrected chi connectivity index (χ4v) is 0.894. The van der Waals surface area contributed by atoms with Gasteiger partial charge in [0, 0.05) is 18.3 Å². The van der Waals surface area contributed by atoms with Crippen LogP contribution in [0.1, 0.15) is 18.4 Å². The van der Waals surface area contributed by atoms with E-state index in [1.54, 1.807) is 19.2 Å². The summed E-state index contributed by atoms with van der Waals surface area (Å²) < 4.78 is 12.6. The van der Waals surface area contributed by atoms with Crippen LogP contribution in [0.2, 0.25) is 0 Å². The number of allylic oxidation sites excluding steroid dienone is 1. The molecule has 1 aromatic rings. The molecule has 0 unspecified atom stereocenters. The van der Waals surface area contributed by atoms with Crippen molar-refractivity contribution in [3.05, 3.63) is 36.4 Å². The predicted molar refractivity (Wildman–Crippen MR) is 47.3 cm³/mol. The minimum atomic E-state index is -0.373. The van der Waals surface area contributed by atoms with Crippen LogP contribution >= 0.6 is 0 Å². The van der Waals surface area contributed by atoms with Crippen molar-refractivity contribution in [1.29, 1.82) is 0 Å². The highest BCUT2D eigenvalue weighted by atomic mass is 19.1. The summed E-state index contributed by atoms with van der Waals surface area (Å²) in [6.07, 6.45) is 3.11. The third-order valence-corrected chi connectivity index (χ3v) is 1.75. The van der Waals surface area contributed by atoms with E-state index < -0.39 is 0 Å². The van der Waals surface area contributed by atoms with Crippen LogP contribution in [-0.4, -0.2) is 4.98 Å². The van der Waals surface area contributed by atoms with Crippen molar-refractivity contribution in [2.75, 3.05) is 5.73 Å². The lowest BCUT2D eigenvalue weighted by atomic mass is 10.0. The first-order valence-electron chi connectivity index (χ1n) is 3.66. The smallest absolute Gasteiger partial charge is 0.1000 e. The van der Waals surface area contributed by atoms with Gasteiger partial charge in [-0.2, -0.15) is 0 Å². The number of nitrogen functional groups attached to an aromatic ring is 1. The van der Waals surface area contributed by atoms with Gasteiger partial charge < -0.3 is 5.73 Å². The van der Waals surface area contributed by atoms with Crippen molar-refractivity contribution < 1.29 is 4.39 Å². The number of hydrogen-bond donors (Lipinski definition) is 1. The van der Waals surface area contributed by atoms with E-state index in [-0.39, 0.29) is 11.7 Å². The van der Waals surface area contributed by atoms with E-state index in [9.17, 15) is 4.39 Å². The van der Waals surface area contributed by atoms with E-state index in [1.807, 2.05) is 0 Å². The molecule has 1 heterocycles. The van der Waals surface area contributed by atoms with Gasteiger partial charge in [0.15, 0.2) is 0 Å². The average Bonchev–Trinajstić information content (AvgIpc) is 2.03. The Morgan fingerprint density at radius 3 is 2.83 bits per heavy atom. The summed E-state index contributed by atoms with van der Waals surface area (Å²) in [5.41, 5.74) is 6.78. The van der Waals surface area contributed by atoms with Crippen molar-refractivity contribution >= 4 is 5.69 Å². The summed E-state index contributed by atoms with van der Waals surface area (Å²) >= 11 is 0. The first kappa shape index (κ1) is 8.71. The first-order chi connectivity index (χ1) is 5.61. The molecule has 0 saturated heterocycles. The van der Waals surface area contributed by atoms with Gasteiger partial charge in [0.2, 0.25) is 0 Å². The number of nitrogens with zero attached hydrogens (tertiary/aromatic N) is 1. The molecule has 0 bridgehead atoms. The van der Waals surface area contributed by atoms with Crippen molar-refractivity contribution in [1.82, 2.24) is 4.98 Å². The molecule has 1 aromatic heterocycles. The molecule has 0 aliphatic carbocycles. The summed E-state index contributed by atoms with van der Waals surface area (Å²) in [6.45, 7) is 4.95. The normalized spacial score (nSPS) is 12.5. The van der Waals surface area contributed by atoms with Crippen molar-refractivity contribution in [2.45, 2.75) is 12.8 Å². The minimum absolute atomic E-state index is 0.332. The summed E-state index contributed by atoms with van der Waals surface area (Å²) in [6, 6.07) is 1.70. The minimum Gasteiger partial charge on any atom is -0.397 e. The van der Waals surface area contributed by atoms with Gasteiger partial charge in [-0.3, -0.25) is 4.98 Å². The van der Waals surface area contributed by atoms with Crippen molar-refractivity contribution in [3.63, 3.8) is 0 Å². The quantitative estimate of drug-likeness (QED) is 0.731. The Balaban J connectivity index is 2.95. The second kappa shape index (κ2) is 3.34. The monoisotopic (exact) mass is 166 g/mol. The third-order valence-electron chi connectivity index (χ3n) is 1.75. The van der Waals surface area contributed by atoms with Gasteiger partial charge in [0.05, 0.1) is 11.5 Å². The number of aromatic nitrogens is 1. The first-order valence-corrected chi connectivity index (χ1v) is 3.66. The Morgan fingerprint density at radius 2 is 2.33 bits per heavy atom. The van der Waals surface area contributed by atoms with Gasteiger partial charge in [-0.25, -0.2) is 4.39 Å². The molecule has 64 valence electrons. The maximum atomic E-state index is 12.6. The van der Waals surface area contributed by atoms with E-state index >= 15 is 0 Å². The SMILES string of the molecule is C=C(F)[C@@H](C)c1cncc(N)c1. The van der Waals surface area contributed by atoms with E-state index in [1.165, 1.54) is 6.20 Å². The van der Waals surface area contributed by atoms with Gasteiger partial charge in [0.1, 0.15) is 0 Å². The maximum absolute atomic E-state index is 12.6. The molecular weight excluding hydrogens is 155 g/mol. The highest BCUT2D eigenvalue weighted by Crippen LogP contribution is 2.23. The number of halogens is 1. The summed E-state index contributed by atoms with van der Waals surface area (Å²) in [4.78, 5) is 3.85. The van der Waals surface area contributed by atoms with Crippen LogP contribution in [0, 0.1) is 0 Å². The zero-order valence-electron chi connectivity index (χ0n) is 6.92. The average molecular weight is 166 g/mol. The van der Waals surface area contributed by atoms with Crippen LogP contribution < -0.4 is 5.73 Å². The van der Waals surface area contributed by atoms with Gasteiger partial charge in [0.25, 0.3) is 0 Å². The summed E-state index contributed by atoms with van der Waals surface area (Å²) in [7, 11) is 0. The van der Waals surface area contributed by atoms with Gasteiger partial charge in [-0.1, -0.05) is 13.5 Å². The van der Waals surface area contributed by atoms with Crippen LogP contribution in [0.25, 0.3) is 0 Å². The molecule has 0 saturated carbocycles. The molecule has 1 rings (SSSR count). The lowest BCUT2D eigenvalue weighted by molar-refractivity contribution is 0.568. The molecular formula is C9H11FN2. The van der Waals surface area contributed by atoms with E-state index in [0.717, 1.165) is 5.56 Å². The molecule has 0 aliphatic heterocycles. The van der Waals surface area contributed by atoms with Gasteiger partial charge in [-0.15, -0.1) is 0 Å². The second-order valence-electron chi connectivity index (χ2n) is 2.72. The zero-order chi connectivity index (χ0) is 9.14. The number of nitrogens with two attached hydrogens (primary N) is 1. The maximum Gasteiger partial charge on any atom is 0.1000 e. The molecule has 0 fully saturated rings. The number of pyridine rings is 1. The topological polar surface area (TPSA) is 38.9 Å². The van der Waals surface area contributed by atoms with Gasteiger partial charge in [-0.05, 0) is 11.6 Å². The standard InChI is InChI=1S/C9H11FN2/c1-6(7(2)10)8-3-9(11)5-12-4-8/h3-6H,2,11H2,1H3/t6-/m1/s1. The molecule has 2 N–H and O–H groups in total. The summed E-state index contributed by atoms with van der Waals surface area (Å²) in [5.74, 6) is -0.705. The molecule has 0 radical (unpaired) electrons. The summed E-state index contributed by atoms with van der Waals surface area (Å²) in [5, 5.41) is 0. The second-order valence-corrected chi connectivity index (χ2v) is 2.72. The van der Waals surface area contributed by atoms with Crippen LogP contribution in [0.15, 0.2) is 30.9 Å². The fourth-order valence-electron chi connectivity index (χ4n) is 0.894. The van der Waals surface area contributed by atoms with E-state index in [4.69, 9.17) is 5.73 Å². The van der Waals surface area contributed by atoms with Crippen LogP contribution in [0.3, 0.4) is 0 Å². The zero-order valence-corrected chi connectivity index (χ0v) is 6.92. The predicted octanol–water partition coefficient (Wildman–Crippen LogP) is 2.25. The fraction of sp³-hybridized carbons (Fsp3) is 0.222. The Bertz CT molecular complexity index is 296. The molecule has 3 heteroatoms. The number of hydrogen-bond acceptors (Lipinski definition) is 2. The van der Waals surface area contributed by atoms with Crippen LogP contribution in [0.5, 0.6) is 0 Å². The van der Waals surface area contributed by atoms with Crippen molar-refractivity contribution in [2.24, 2.45) is 0 Å². The Hall–Kier alpha value is -1.38. The third kappa shape index (κ3) is 1.81.